The third kappa shape index (κ3) is 1.82. The number of aliphatic hydroxyl groups is 1. The summed E-state index contributed by atoms with van der Waals surface area (Å²) in [5, 5.41) is 16.1. The molecule has 88 valence electrons. The van der Waals surface area contributed by atoms with Crippen molar-refractivity contribution in [2.24, 2.45) is 0 Å². The van der Waals surface area contributed by atoms with Gasteiger partial charge in [-0.2, -0.15) is 5.10 Å². The Labute approximate surface area is 94.5 Å². The van der Waals surface area contributed by atoms with E-state index < -0.39 is 0 Å². The van der Waals surface area contributed by atoms with Gasteiger partial charge < -0.3 is 5.11 Å². The van der Waals surface area contributed by atoms with Gasteiger partial charge in [-0.15, -0.1) is 0 Å². The number of aromatic nitrogens is 2. The second-order valence-corrected chi connectivity index (χ2v) is 4.06. The predicted molar refractivity (Wildman–Crippen MR) is 60.1 cm³/mol. The second-order valence-electron chi connectivity index (χ2n) is 4.06. The molecular weight excluding hydrogens is 206 g/mol. The fourth-order valence-corrected chi connectivity index (χ4v) is 2.12. The third-order valence-corrected chi connectivity index (χ3v) is 2.92. The molecule has 2 rings (SSSR count). The molecule has 0 bridgehead atoms. The van der Waals surface area contributed by atoms with E-state index in [9.17, 15) is 4.79 Å². The topological polar surface area (TPSA) is 69.2 Å². The summed E-state index contributed by atoms with van der Waals surface area (Å²) in [6.07, 6.45) is 3.23. The maximum atomic E-state index is 11.9. The molecule has 1 aliphatic heterocycles. The number of H-pyrrole nitrogens is 1. The lowest BCUT2D eigenvalue weighted by Crippen LogP contribution is -2.35. The minimum Gasteiger partial charge on any atom is -0.390 e. The van der Waals surface area contributed by atoms with Crippen molar-refractivity contribution in [3.8, 4) is 0 Å². The standard InChI is InChI=1S/C11H17N3O2/c1-2-4-10(16)14-6-3-5-8-9(7-15)12-13-11(8)14/h15H,2-7H2,1H3,(H,12,13). The SMILES string of the molecule is CCCC(=O)N1CCCc2c1n[nH]c2CO. The Morgan fingerprint density at radius 1 is 1.62 bits per heavy atom. The molecule has 16 heavy (non-hydrogen) atoms. The minimum atomic E-state index is -0.0435. The summed E-state index contributed by atoms with van der Waals surface area (Å²) in [4.78, 5) is 13.6. The van der Waals surface area contributed by atoms with Crippen LogP contribution < -0.4 is 4.90 Å². The number of nitrogens with one attached hydrogen (secondary N) is 1. The number of anilines is 1. The van der Waals surface area contributed by atoms with Gasteiger partial charge in [-0.1, -0.05) is 6.92 Å². The lowest BCUT2D eigenvalue weighted by molar-refractivity contribution is -0.118. The predicted octanol–water partition coefficient (Wildman–Crippen LogP) is 0.981. The summed E-state index contributed by atoms with van der Waals surface area (Å²) in [5.74, 6) is 0.841. The number of carbonyl (C=O) groups excluding carboxylic acids is 1. The van der Waals surface area contributed by atoms with Gasteiger partial charge in [-0.3, -0.25) is 14.8 Å². The van der Waals surface area contributed by atoms with E-state index in [0.717, 1.165) is 37.1 Å². The molecule has 5 heteroatoms. The molecule has 0 radical (unpaired) electrons. The van der Waals surface area contributed by atoms with Crippen LogP contribution in [0.5, 0.6) is 0 Å². The summed E-state index contributed by atoms with van der Waals surface area (Å²) >= 11 is 0. The Balaban J connectivity index is 2.26. The van der Waals surface area contributed by atoms with Crippen LogP contribution in [0.25, 0.3) is 0 Å². The molecule has 0 aromatic carbocycles. The van der Waals surface area contributed by atoms with Crippen molar-refractivity contribution < 1.29 is 9.90 Å². The van der Waals surface area contributed by atoms with E-state index in [0.29, 0.717) is 12.2 Å². The fraction of sp³-hybridized carbons (Fsp3) is 0.636. The average Bonchev–Trinajstić information content (AvgIpc) is 2.71. The third-order valence-electron chi connectivity index (χ3n) is 2.92. The number of amides is 1. The van der Waals surface area contributed by atoms with Crippen LogP contribution in [0.2, 0.25) is 0 Å². The number of aliphatic hydroxyl groups excluding tert-OH is 1. The maximum absolute atomic E-state index is 11.9. The first-order chi connectivity index (χ1) is 7.77. The largest absolute Gasteiger partial charge is 0.390 e. The number of fused-ring (bicyclic) bond motifs is 1. The van der Waals surface area contributed by atoms with Gasteiger partial charge in [0.1, 0.15) is 0 Å². The van der Waals surface area contributed by atoms with Gasteiger partial charge in [0.2, 0.25) is 5.91 Å². The van der Waals surface area contributed by atoms with E-state index >= 15 is 0 Å². The minimum absolute atomic E-state index is 0.0435. The lowest BCUT2D eigenvalue weighted by atomic mass is 10.0. The van der Waals surface area contributed by atoms with Crippen LogP contribution in [0.1, 0.15) is 37.4 Å². The molecular formula is C11H17N3O2. The van der Waals surface area contributed by atoms with Crippen LogP contribution in [-0.2, 0) is 17.8 Å². The van der Waals surface area contributed by atoms with Crippen LogP contribution in [-0.4, -0.2) is 27.8 Å². The molecule has 2 N–H and O–H groups in total. The van der Waals surface area contributed by atoms with E-state index in [-0.39, 0.29) is 12.5 Å². The highest BCUT2D eigenvalue weighted by atomic mass is 16.3. The first-order valence-electron chi connectivity index (χ1n) is 5.75. The van der Waals surface area contributed by atoms with Gasteiger partial charge in [0.15, 0.2) is 5.82 Å². The van der Waals surface area contributed by atoms with E-state index in [1.165, 1.54) is 0 Å². The molecule has 2 heterocycles. The summed E-state index contributed by atoms with van der Waals surface area (Å²) in [5.41, 5.74) is 1.74. The van der Waals surface area contributed by atoms with Crippen LogP contribution in [0.15, 0.2) is 0 Å². The molecule has 5 nitrogen and oxygen atoms in total. The Morgan fingerprint density at radius 3 is 3.12 bits per heavy atom. The zero-order chi connectivity index (χ0) is 11.5. The second kappa shape index (κ2) is 4.65. The molecule has 0 atom stereocenters. The van der Waals surface area contributed by atoms with Crippen molar-refractivity contribution in [3.05, 3.63) is 11.3 Å². The Morgan fingerprint density at radius 2 is 2.44 bits per heavy atom. The zero-order valence-electron chi connectivity index (χ0n) is 9.49. The van der Waals surface area contributed by atoms with Crippen LogP contribution in [0.4, 0.5) is 5.82 Å². The summed E-state index contributed by atoms with van der Waals surface area (Å²) in [6.45, 7) is 2.69. The number of rotatable bonds is 3. The molecule has 0 aliphatic carbocycles. The van der Waals surface area contributed by atoms with Crippen LogP contribution in [0, 0.1) is 0 Å². The van der Waals surface area contributed by atoms with E-state index in [4.69, 9.17) is 5.11 Å². The number of hydrogen-bond acceptors (Lipinski definition) is 3. The normalized spacial score (nSPS) is 15.0. The molecule has 0 saturated heterocycles. The molecule has 1 aromatic heterocycles. The van der Waals surface area contributed by atoms with Gasteiger partial charge in [0, 0.05) is 18.5 Å². The fourth-order valence-electron chi connectivity index (χ4n) is 2.12. The summed E-state index contributed by atoms with van der Waals surface area (Å²) in [7, 11) is 0. The maximum Gasteiger partial charge on any atom is 0.228 e. The summed E-state index contributed by atoms with van der Waals surface area (Å²) in [6, 6.07) is 0. The van der Waals surface area contributed by atoms with E-state index in [1.807, 2.05) is 6.92 Å². The molecule has 0 unspecified atom stereocenters. The molecule has 1 aliphatic rings. The van der Waals surface area contributed by atoms with E-state index in [1.54, 1.807) is 4.90 Å². The first kappa shape index (κ1) is 11.1. The highest BCUT2D eigenvalue weighted by Gasteiger charge is 2.26. The van der Waals surface area contributed by atoms with Gasteiger partial charge >= 0.3 is 0 Å². The van der Waals surface area contributed by atoms with Crippen molar-refractivity contribution in [2.45, 2.75) is 39.2 Å². The van der Waals surface area contributed by atoms with Crippen molar-refractivity contribution in [1.82, 2.24) is 10.2 Å². The highest BCUT2D eigenvalue weighted by molar-refractivity contribution is 5.93. The van der Waals surface area contributed by atoms with Gasteiger partial charge in [0.25, 0.3) is 0 Å². The van der Waals surface area contributed by atoms with Crippen molar-refractivity contribution in [3.63, 3.8) is 0 Å². The molecule has 0 spiro atoms. The van der Waals surface area contributed by atoms with E-state index in [2.05, 4.69) is 10.2 Å². The van der Waals surface area contributed by atoms with Crippen LogP contribution in [0.3, 0.4) is 0 Å². The van der Waals surface area contributed by atoms with Crippen molar-refractivity contribution in [2.75, 3.05) is 11.4 Å². The molecule has 1 aromatic rings. The van der Waals surface area contributed by atoms with Crippen molar-refractivity contribution in [1.29, 1.82) is 0 Å². The van der Waals surface area contributed by atoms with Gasteiger partial charge in [-0.05, 0) is 19.3 Å². The van der Waals surface area contributed by atoms with Gasteiger partial charge in [0.05, 0.1) is 12.3 Å². The molecule has 1 amide bonds. The highest BCUT2D eigenvalue weighted by Crippen LogP contribution is 2.28. The monoisotopic (exact) mass is 223 g/mol. The average molecular weight is 223 g/mol. The summed E-state index contributed by atoms with van der Waals surface area (Å²) < 4.78 is 0. The van der Waals surface area contributed by atoms with Crippen LogP contribution >= 0.6 is 0 Å². The Hall–Kier alpha value is -1.36. The number of carbonyl (C=O) groups is 1. The Kier molecular flexibility index (Phi) is 3.24. The molecule has 0 fully saturated rings. The smallest absolute Gasteiger partial charge is 0.228 e. The first-order valence-corrected chi connectivity index (χ1v) is 5.75. The number of nitrogens with zero attached hydrogens (tertiary/aromatic N) is 2. The molecule has 0 saturated carbocycles. The van der Waals surface area contributed by atoms with Crippen molar-refractivity contribution >= 4 is 11.7 Å². The van der Waals surface area contributed by atoms with Gasteiger partial charge in [-0.25, -0.2) is 0 Å². The quantitative estimate of drug-likeness (QED) is 0.802. The lowest BCUT2D eigenvalue weighted by Gasteiger charge is -2.25. The number of hydrogen-bond donors (Lipinski definition) is 2. The zero-order valence-corrected chi connectivity index (χ0v) is 9.49. The Bertz CT molecular complexity index is 387. The number of aromatic amines is 1.